The lowest BCUT2D eigenvalue weighted by Crippen LogP contribution is -2.10. The fourth-order valence-electron chi connectivity index (χ4n) is 3.95. The maximum Gasteiger partial charge on any atom is 0.0701 e. The molecule has 0 aromatic rings. The lowest BCUT2D eigenvalue weighted by Gasteiger charge is -2.07. The van der Waals surface area contributed by atoms with Crippen LogP contribution >= 0.6 is 22.6 Å². The number of hydrogen-bond acceptors (Lipinski definition) is 3. The van der Waals surface area contributed by atoms with E-state index in [1.165, 1.54) is 133 Å². The fourth-order valence-corrected chi connectivity index (χ4v) is 4.49. The Morgan fingerprint density at radius 1 is 0.344 bits per heavy atom. The number of alkyl halides is 1. The first-order valence-electron chi connectivity index (χ1n) is 14.2. The third-order valence-corrected chi connectivity index (χ3v) is 6.82. The lowest BCUT2D eigenvalue weighted by atomic mass is 10.0. The van der Waals surface area contributed by atoms with Crippen molar-refractivity contribution in [2.45, 2.75) is 135 Å². The van der Waals surface area contributed by atoms with Gasteiger partial charge in [0.05, 0.1) is 26.4 Å². The van der Waals surface area contributed by atoms with Gasteiger partial charge in [-0.2, -0.15) is 0 Å². The van der Waals surface area contributed by atoms with Crippen LogP contribution in [0.1, 0.15) is 135 Å². The van der Waals surface area contributed by atoms with Crippen molar-refractivity contribution in [3.05, 3.63) is 0 Å². The molecule has 0 bridgehead atoms. The Morgan fingerprint density at radius 2 is 0.625 bits per heavy atom. The molecule has 0 saturated heterocycles. The minimum Gasteiger partial charge on any atom is -0.379 e. The van der Waals surface area contributed by atoms with E-state index < -0.39 is 0 Å². The van der Waals surface area contributed by atoms with E-state index >= 15 is 0 Å². The zero-order valence-electron chi connectivity index (χ0n) is 21.7. The summed E-state index contributed by atoms with van der Waals surface area (Å²) in [7, 11) is 0. The monoisotopic (exact) mass is 568 g/mol. The Balaban J connectivity index is 2.98. The summed E-state index contributed by atoms with van der Waals surface area (Å²) in [6.07, 6.45) is 27.7. The van der Waals surface area contributed by atoms with E-state index in [0.717, 1.165) is 19.8 Å². The Morgan fingerprint density at radius 3 is 0.969 bits per heavy atom. The van der Waals surface area contributed by atoms with Crippen LogP contribution in [-0.2, 0) is 14.2 Å². The van der Waals surface area contributed by atoms with Gasteiger partial charge in [-0.15, -0.1) is 0 Å². The van der Waals surface area contributed by atoms with Crippen LogP contribution in [0, 0.1) is 0 Å². The molecular formula is C28H57IO3. The standard InChI is InChI=1S/C28H57IO3/c1-2-3-4-5-6-7-8-9-10-11-12-13-14-15-17-20-23-30-25-27-32-28-26-31-24-21-18-16-19-22-29/h2-28H2,1H3. The smallest absolute Gasteiger partial charge is 0.0701 e. The maximum atomic E-state index is 5.67. The first kappa shape index (κ1) is 32.6. The summed E-state index contributed by atoms with van der Waals surface area (Å²) in [5.41, 5.74) is 0. The van der Waals surface area contributed by atoms with Crippen molar-refractivity contribution in [1.29, 1.82) is 0 Å². The molecule has 0 aliphatic heterocycles. The van der Waals surface area contributed by atoms with Crippen LogP contribution in [0.2, 0.25) is 0 Å². The minimum absolute atomic E-state index is 0.691. The molecule has 0 atom stereocenters. The molecule has 0 unspecified atom stereocenters. The zero-order valence-corrected chi connectivity index (χ0v) is 23.9. The normalized spacial score (nSPS) is 11.4. The lowest BCUT2D eigenvalue weighted by molar-refractivity contribution is 0.0132. The summed E-state index contributed by atoms with van der Waals surface area (Å²) in [6, 6.07) is 0. The number of unbranched alkanes of at least 4 members (excludes halogenated alkanes) is 18. The highest BCUT2D eigenvalue weighted by Gasteiger charge is 1.96. The molecule has 0 amide bonds. The van der Waals surface area contributed by atoms with Crippen LogP contribution in [-0.4, -0.2) is 44.1 Å². The average molecular weight is 569 g/mol. The van der Waals surface area contributed by atoms with Crippen LogP contribution in [0.15, 0.2) is 0 Å². The molecule has 0 spiro atoms. The van der Waals surface area contributed by atoms with Crippen molar-refractivity contribution in [1.82, 2.24) is 0 Å². The van der Waals surface area contributed by atoms with Gasteiger partial charge in [0.15, 0.2) is 0 Å². The molecule has 194 valence electrons. The first-order valence-corrected chi connectivity index (χ1v) is 15.7. The molecular weight excluding hydrogens is 511 g/mol. The third kappa shape index (κ3) is 30.6. The molecule has 0 rings (SSSR count). The van der Waals surface area contributed by atoms with Gasteiger partial charge in [-0.1, -0.05) is 139 Å². The SMILES string of the molecule is CCCCCCCCCCCCCCCCCCOCCOCCOCCCCCCI. The van der Waals surface area contributed by atoms with Crippen molar-refractivity contribution < 1.29 is 14.2 Å². The Kier molecular flexibility index (Phi) is 32.2. The molecule has 0 radical (unpaired) electrons. The highest BCUT2D eigenvalue weighted by atomic mass is 127. The second-order valence-corrected chi connectivity index (χ2v) is 10.3. The summed E-state index contributed by atoms with van der Waals surface area (Å²) in [6.45, 7) is 6.87. The molecule has 0 heterocycles. The largest absolute Gasteiger partial charge is 0.379 e. The molecule has 0 aliphatic rings. The van der Waals surface area contributed by atoms with E-state index in [1.54, 1.807) is 0 Å². The number of ether oxygens (including phenoxy) is 3. The predicted octanol–water partition coefficient (Wildman–Crippen LogP) is 9.29. The molecule has 4 heteroatoms. The van der Waals surface area contributed by atoms with Crippen molar-refractivity contribution in [3.63, 3.8) is 0 Å². The van der Waals surface area contributed by atoms with E-state index in [0.29, 0.717) is 19.8 Å². The highest BCUT2D eigenvalue weighted by Crippen LogP contribution is 2.13. The Labute approximate surface area is 215 Å². The van der Waals surface area contributed by atoms with Crippen molar-refractivity contribution in [3.8, 4) is 0 Å². The van der Waals surface area contributed by atoms with Gasteiger partial charge in [-0.3, -0.25) is 0 Å². The number of halogens is 1. The second kappa shape index (κ2) is 31.6. The van der Waals surface area contributed by atoms with Crippen LogP contribution in [0.3, 0.4) is 0 Å². The van der Waals surface area contributed by atoms with E-state index in [9.17, 15) is 0 Å². The molecule has 32 heavy (non-hydrogen) atoms. The van der Waals surface area contributed by atoms with Gasteiger partial charge < -0.3 is 14.2 Å². The summed E-state index contributed by atoms with van der Waals surface area (Å²) < 4.78 is 18.1. The van der Waals surface area contributed by atoms with Gasteiger partial charge in [-0.05, 0) is 23.7 Å². The van der Waals surface area contributed by atoms with Gasteiger partial charge in [-0.25, -0.2) is 0 Å². The highest BCUT2D eigenvalue weighted by molar-refractivity contribution is 14.1. The molecule has 0 fully saturated rings. The van der Waals surface area contributed by atoms with Crippen LogP contribution in [0.4, 0.5) is 0 Å². The van der Waals surface area contributed by atoms with Crippen LogP contribution in [0.5, 0.6) is 0 Å². The van der Waals surface area contributed by atoms with E-state index in [2.05, 4.69) is 29.5 Å². The van der Waals surface area contributed by atoms with Gasteiger partial charge in [0.25, 0.3) is 0 Å². The van der Waals surface area contributed by atoms with E-state index in [4.69, 9.17) is 14.2 Å². The second-order valence-electron chi connectivity index (χ2n) is 9.24. The van der Waals surface area contributed by atoms with Gasteiger partial charge in [0.2, 0.25) is 0 Å². The molecule has 0 aromatic heterocycles. The third-order valence-electron chi connectivity index (χ3n) is 6.06. The van der Waals surface area contributed by atoms with Crippen molar-refractivity contribution in [2.24, 2.45) is 0 Å². The number of hydrogen-bond donors (Lipinski definition) is 0. The summed E-state index contributed by atoms with van der Waals surface area (Å²) in [4.78, 5) is 0. The average Bonchev–Trinajstić information content (AvgIpc) is 2.81. The van der Waals surface area contributed by atoms with E-state index in [-0.39, 0.29) is 0 Å². The quantitative estimate of drug-likeness (QED) is 0.0511. The molecule has 0 saturated carbocycles. The van der Waals surface area contributed by atoms with Crippen molar-refractivity contribution in [2.75, 3.05) is 44.1 Å². The van der Waals surface area contributed by atoms with Crippen molar-refractivity contribution >= 4 is 22.6 Å². The van der Waals surface area contributed by atoms with E-state index in [1.807, 2.05) is 0 Å². The summed E-state index contributed by atoms with van der Waals surface area (Å²) in [5.74, 6) is 0. The molecule has 3 nitrogen and oxygen atoms in total. The van der Waals surface area contributed by atoms with Crippen LogP contribution < -0.4 is 0 Å². The predicted molar refractivity (Wildman–Crippen MR) is 149 cm³/mol. The van der Waals surface area contributed by atoms with Gasteiger partial charge in [0.1, 0.15) is 0 Å². The van der Waals surface area contributed by atoms with Crippen LogP contribution in [0.25, 0.3) is 0 Å². The van der Waals surface area contributed by atoms with Gasteiger partial charge in [0, 0.05) is 13.2 Å². The Hall–Kier alpha value is 0.610. The van der Waals surface area contributed by atoms with Gasteiger partial charge >= 0.3 is 0 Å². The summed E-state index contributed by atoms with van der Waals surface area (Å²) in [5, 5.41) is 0. The minimum atomic E-state index is 0.691. The molecule has 0 aromatic carbocycles. The Bertz CT molecular complexity index is 285. The fraction of sp³-hybridized carbons (Fsp3) is 1.00. The zero-order chi connectivity index (χ0) is 23.2. The molecule has 0 aliphatic carbocycles. The topological polar surface area (TPSA) is 27.7 Å². The first-order chi connectivity index (χ1) is 15.9. The summed E-state index contributed by atoms with van der Waals surface area (Å²) >= 11 is 2.44. The maximum absolute atomic E-state index is 5.67. The molecule has 0 N–H and O–H groups in total. The number of rotatable bonds is 29.